The van der Waals surface area contributed by atoms with Crippen LogP contribution >= 0.6 is 0 Å². The van der Waals surface area contributed by atoms with Crippen molar-refractivity contribution in [3.05, 3.63) is 30.3 Å². The van der Waals surface area contributed by atoms with Gasteiger partial charge in [0.1, 0.15) is 6.04 Å². The third kappa shape index (κ3) is 4.34. The van der Waals surface area contributed by atoms with Gasteiger partial charge in [-0.15, -0.1) is 0 Å². The summed E-state index contributed by atoms with van der Waals surface area (Å²) in [7, 11) is 0. The monoisotopic (exact) mass is 221 g/mol. The second-order valence-corrected chi connectivity index (χ2v) is 5.17. The average molecular weight is 221 g/mol. The SMILES string of the molecule is CC(C)(C)CC(Nc1ccccc1)C(=O)O. The van der Waals surface area contributed by atoms with Gasteiger partial charge in [-0.25, -0.2) is 4.79 Å². The number of hydrogen-bond donors (Lipinski definition) is 2. The first-order valence-corrected chi connectivity index (χ1v) is 5.43. The van der Waals surface area contributed by atoms with Gasteiger partial charge >= 0.3 is 5.97 Å². The average Bonchev–Trinajstić information content (AvgIpc) is 2.16. The minimum atomic E-state index is -0.807. The molecule has 0 heterocycles. The lowest BCUT2D eigenvalue weighted by Gasteiger charge is -2.24. The van der Waals surface area contributed by atoms with Gasteiger partial charge in [0.05, 0.1) is 0 Å². The first-order chi connectivity index (χ1) is 7.38. The Hall–Kier alpha value is -1.51. The van der Waals surface area contributed by atoms with Crippen molar-refractivity contribution in [2.75, 3.05) is 5.32 Å². The molecule has 0 spiro atoms. The fraction of sp³-hybridized carbons (Fsp3) is 0.462. The van der Waals surface area contributed by atoms with E-state index in [1.165, 1.54) is 0 Å². The van der Waals surface area contributed by atoms with Crippen LogP contribution in [0.5, 0.6) is 0 Å². The third-order valence-corrected chi connectivity index (χ3v) is 2.23. The summed E-state index contributed by atoms with van der Waals surface area (Å²) in [6.07, 6.45) is 0.594. The predicted octanol–water partition coefficient (Wildman–Crippen LogP) is 2.99. The van der Waals surface area contributed by atoms with Gasteiger partial charge in [0.15, 0.2) is 0 Å². The second-order valence-electron chi connectivity index (χ2n) is 5.17. The van der Waals surface area contributed by atoms with E-state index < -0.39 is 12.0 Å². The molecule has 0 bridgehead atoms. The van der Waals surface area contributed by atoms with Crippen LogP contribution in [-0.2, 0) is 4.79 Å². The van der Waals surface area contributed by atoms with Crippen LogP contribution < -0.4 is 5.32 Å². The van der Waals surface area contributed by atoms with E-state index >= 15 is 0 Å². The maximum atomic E-state index is 11.1. The number of anilines is 1. The summed E-state index contributed by atoms with van der Waals surface area (Å²) in [4.78, 5) is 11.1. The van der Waals surface area contributed by atoms with Gasteiger partial charge in [0, 0.05) is 5.69 Å². The minimum Gasteiger partial charge on any atom is -0.480 e. The van der Waals surface area contributed by atoms with Crippen molar-refractivity contribution in [2.45, 2.75) is 33.2 Å². The van der Waals surface area contributed by atoms with Gasteiger partial charge in [0.25, 0.3) is 0 Å². The normalized spacial score (nSPS) is 13.2. The van der Waals surface area contributed by atoms with Crippen molar-refractivity contribution in [2.24, 2.45) is 5.41 Å². The predicted molar refractivity (Wildman–Crippen MR) is 65.6 cm³/mol. The van der Waals surface area contributed by atoms with Crippen LogP contribution in [-0.4, -0.2) is 17.1 Å². The van der Waals surface area contributed by atoms with Gasteiger partial charge in [0.2, 0.25) is 0 Å². The maximum absolute atomic E-state index is 11.1. The highest BCUT2D eigenvalue weighted by Crippen LogP contribution is 2.23. The molecule has 0 aliphatic carbocycles. The molecule has 0 amide bonds. The lowest BCUT2D eigenvalue weighted by atomic mass is 9.88. The molecular weight excluding hydrogens is 202 g/mol. The molecule has 3 nitrogen and oxygen atoms in total. The number of nitrogens with one attached hydrogen (secondary N) is 1. The van der Waals surface area contributed by atoms with Crippen LogP contribution in [0.2, 0.25) is 0 Å². The molecule has 88 valence electrons. The second kappa shape index (κ2) is 5.01. The van der Waals surface area contributed by atoms with E-state index in [0.717, 1.165) is 5.69 Å². The van der Waals surface area contributed by atoms with E-state index in [1.54, 1.807) is 0 Å². The Morgan fingerprint density at radius 3 is 2.31 bits per heavy atom. The van der Waals surface area contributed by atoms with E-state index in [9.17, 15) is 4.79 Å². The van der Waals surface area contributed by atoms with Crippen LogP contribution in [0.25, 0.3) is 0 Å². The molecule has 0 fully saturated rings. The molecule has 1 unspecified atom stereocenters. The molecule has 0 radical (unpaired) electrons. The van der Waals surface area contributed by atoms with E-state index in [1.807, 2.05) is 51.1 Å². The van der Waals surface area contributed by atoms with Crippen molar-refractivity contribution >= 4 is 11.7 Å². The van der Waals surface area contributed by atoms with Crippen LogP contribution in [0.4, 0.5) is 5.69 Å². The summed E-state index contributed by atoms with van der Waals surface area (Å²) in [6, 6.07) is 8.89. The number of carboxylic acid groups (broad SMARTS) is 1. The molecule has 1 aromatic carbocycles. The Labute approximate surface area is 96.5 Å². The van der Waals surface area contributed by atoms with E-state index in [0.29, 0.717) is 6.42 Å². The van der Waals surface area contributed by atoms with Gasteiger partial charge in [-0.05, 0) is 24.0 Å². The molecule has 1 atom stereocenters. The zero-order valence-corrected chi connectivity index (χ0v) is 10.0. The van der Waals surface area contributed by atoms with Crippen LogP contribution in [0.1, 0.15) is 27.2 Å². The summed E-state index contributed by atoms with van der Waals surface area (Å²) in [5, 5.41) is 12.2. The number of carboxylic acids is 1. The fourth-order valence-corrected chi connectivity index (χ4v) is 1.55. The Morgan fingerprint density at radius 1 is 1.31 bits per heavy atom. The highest BCUT2D eigenvalue weighted by molar-refractivity contribution is 5.77. The molecule has 0 aromatic heterocycles. The molecule has 2 N–H and O–H groups in total. The van der Waals surface area contributed by atoms with Crippen LogP contribution in [0, 0.1) is 5.41 Å². The number of aliphatic carboxylic acids is 1. The van der Waals surface area contributed by atoms with E-state index in [-0.39, 0.29) is 5.41 Å². The van der Waals surface area contributed by atoms with Gasteiger partial charge in [-0.3, -0.25) is 0 Å². The van der Waals surface area contributed by atoms with E-state index in [4.69, 9.17) is 5.11 Å². The smallest absolute Gasteiger partial charge is 0.326 e. The summed E-state index contributed by atoms with van der Waals surface area (Å²) in [5.41, 5.74) is 0.837. The fourth-order valence-electron chi connectivity index (χ4n) is 1.55. The lowest BCUT2D eigenvalue weighted by molar-refractivity contribution is -0.138. The molecule has 0 saturated carbocycles. The van der Waals surface area contributed by atoms with E-state index in [2.05, 4.69) is 5.32 Å². The van der Waals surface area contributed by atoms with Gasteiger partial charge < -0.3 is 10.4 Å². The molecule has 1 rings (SSSR count). The number of rotatable bonds is 4. The molecule has 1 aromatic rings. The zero-order chi connectivity index (χ0) is 12.2. The molecule has 0 saturated heterocycles. The maximum Gasteiger partial charge on any atom is 0.326 e. The summed E-state index contributed by atoms with van der Waals surface area (Å²) in [6.45, 7) is 6.11. The first kappa shape index (κ1) is 12.6. The zero-order valence-electron chi connectivity index (χ0n) is 10.0. The van der Waals surface area contributed by atoms with Gasteiger partial charge in [-0.2, -0.15) is 0 Å². The van der Waals surface area contributed by atoms with Crippen LogP contribution in [0.15, 0.2) is 30.3 Å². The Bertz CT molecular complexity index is 341. The Kier molecular flexibility index (Phi) is 3.93. The Balaban J connectivity index is 2.70. The highest BCUT2D eigenvalue weighted by Gasteiger charge is 2.24. The topological polar surface area (TPSA) is 49.3 Å². The summed E-state index contributed by atoms with van der Waals surface area (Å²) in [5.74, 6) is -0.807. The molecule has 0 aliphatic rings. The molecule has 3 heteroatoms. The van der Waals surface area contributed by atoms with Gasteiger partial charge in [-0.1, -0.05) is 39.0 Å². The lowest BCUT2D eigenvalue weighted by Crippen LogP contribution is -2.33. The molecule has 16 heavy (non-hydrogen) atoms. The number of hydrogen-bond acceptors (Lipinski definition) is 2. The van der Waals surface area contributed by atoms with Crippen molar-refractivity contribution in [3.8, 4) is 0 Å². The summed E-state index contributed by atoms with van der Waals surface area (Å²) >= 11 is 0. The highest BCUT2D eigenvalue weighted by atomic mass is 16.4. The molecule has 0 aliphatic heterocycles. The standard InChI is InChI=1S/C13H19NO2/c1-13(2,3)9-11(12(15)16)14-10-7-5-4-6-8-10/h4-8,11,14H,9H2,1-3H3,(H,15,16). The minimum absolute atomic E-state index is 0.00909. The van der Waals surface area contributed by atoms with Crippen molar-refractivity contribution in [1.29, 1.82) is 0 Å². The first-order valence-electron chi connectivity index (χ1n) is 5.43. The van der Waals surface area contributed by atoms with Crippen molar-refractivity contribution < 1.29 is 9.90 Å². The largest absolute Gasteiger partial charge is 0.480 e. The quantitative estimate of drug-likeness (QED) is 0.821. The number of carbonyl (C=O) groups is 1. The third-order valence-electron chi connectivity index (χ3n) is 2.23. The van der Waals surface area contributed by atoms with Crippen molar-refractivity contribution in [3.63, 3.8) is 0 Å². The Morgan fingerprint density at radius 2 is 1.88 bits per heavy atom. The summed E-state index contributed by atoms with van der Waals surface area (Å²) < 4.78 is 0. The molecular formula is C13H19NO2. The van der Waals surface area contributed by atoms with Crippen LogP contribution in [0.3, 0.4) is 0 Å². The number of benzene rings is 1. The number of para-hydroxylation sites is 1. The van der Waals surface area contributed by atoms with Crippen molar-refractivity contribution in [1.82, 2.24) is 0 Å².